The van der Waals surface area contributed by atoms with Gasteiger partial charge in [-0.05, 0) is 97.6 Å². The zero-order chi connectivity index (χ0) is 21.5. The van der Waals surface area contributed by atoms with Crippen molar-refractivity contribution in [3.8, 4) is 0 Å². The van der Waals surface area contributed by atoms with Gasteiger partial charge >= 0.3 is 0 Å². The molecule has 1 aromatic heterocycles. The van der Waals surface area contributed by atoms with Crippen molar-refractivity contribution in [2.45, 2.75) is 70.8 Å². The summed E-state index contributed by atoms with van der Waals surface area (Å²) < 4.78 is 2.15. The van der Waals surface area contributed by atoms with Gasteiger partial charge in [0.05, 0.1) is 17.1 Å². The first-order valence-electron chi connectivity index (χ1n) is 11.9. The lowest BCUT2D eigenvalue weighted by Gasteiger charge is -2.52. The van der Waals surface area contributed by atoms with Gasteiger partial charge in [-0.3, -0.25) is 4.79 Å². The van der Waals surface area contributed by atoms with E-state index in [4.69, 9.17) is 4.98 Å². The summed E-state index contributed by atoms with van der Waals surface area (Å²) in [7, 11) is 2.07. The molecule has 4 aliphatic rings. The van der Waals surface area contributed by atoms with Crippen LogP contribution in [0.15, 0.2) is 41.0 Å². The zero-order valence-electron chi connectivity index (χ0n) is 18.8. The number of carbonyl (C=O) groups excluding carboxylic acids is 1. The molecule has 0 saturated heterocycles. The van der Waals surface area contributed by atoms with E-state index >= 15 is 0 Å². The van der Waals surface area contributed by atoms with Gasteiger partial charge < -0.3 is 9.67 Å². The Labute approximate surface area is 184 Å². The van der Waals surface area contributed by atoms with Crippen LogP contribution in [0.4, 0.5) is 0 Å². The maximum atomic E-state index is 12.1. The Morgan fingerprint density at radius 2 is 2.00 bits per heavy atom. The zero-order valence-corrected chi connectivity index (χ0v) is 18.8. The Morgan fingerprint density at radius 1 is 1.16 bits per heavy atom. The summed E-state index contributed by atoms with van der Waals surface area (Å²) in [5, 5.41) is 11.0. The van der Waals surface area contributed by atoms with Crippen LogP contribution in [-0.2, 0) is 11.8 Å². The van der Waals surface area contributed by atoms with Crippen LogP contribution in [0.2, 0.25) is 0 Å². The summed E-state index contributed by atoms with van der Waals surface area (Å²) in [6.07, 6.45) is 8.44. The molecule has 2 aromatic rings. The van der Waals surface area contributed by atoms with E-state index in [1.807, 2.05) is 6.08 Å². The average Bonchev–Trinajstić information content (AvgIpc) is 3.21. The fraction of sp³-hybridized carbons (Fsp3) is 0.556. The van der Waals surface area contributed by atoms with Crippen LogP contribution >= 0.6 is 0 Å². The number of nitrogens with zero attached hydrogens (tertiary/aromatic N) is 2. The molecule has 0 radical (unpaired) electrons. The third-order valence-electron chi connectivity index (χ3n) is 9.21. The van der Waals surface area contributed by atoms with Crippen LogP contribution in [-0.4, -0.2) is 26.5 Å². The van der Waals surface area contributed by atoms with Crippen molar-refractivity contribution in [2.75, 3.05) is 0 Å². The molecule has 5 atom stereocenters. The molecule has 5 unspecified atom stereocenters. The van der Waals surface area contributed by atoms with E-state index in [9.17, 15) is 9.90 Å². The fourth-order valence-corrected chi connectivity index (χ4v) is 7.49. The molecule has 2 saturated carbocycles. The van der Waals surface area contributed by atoms with E-state index in [0.717, 1.165) is 49.9 Å². The second kappa shape index (κ2) is 6.65. The largest absolute Gasteiger partial charge is 0.393 e. The smallest absolute Gasteiger partial charge is 0.156 e. The van der Waals surface area contributed by atoms with Crippen molar-refractivity contribution in [2.24, 2.45) is 24.3 Å². The number of carbonyl (C=O) groups is 1. The standard InChI is InChI=1S/C27H32N2O2/c1-15-28-23-13-17(5-10-24(23)29(15)3)21-14-27(2)22(9-11-25(27)31)20-7-4-16-12-18(30)6-8-19(16)26(20)21/h5,10,12-13,20-22,25,31H,4,6-9,11,14H2,1-3H3. The number of rotatable bonds is 1. The summed E-state index contributed by atoms with van der Waals surface area (Å²) in [6.45, 7) is 4.39. The molecule has 31 heavy (non-hydrogen) atoms. The monoisotopic (exact) mass is 416 g/mol. The molecular formula is C27H32N2O2. The van der Waals surface area contributed by atoms with Crippen LogP contribution in [0.1, 0.15) is 69.2 Å². The van der Waals surface area contributed by atoms with Crippen molar-refractivity contribution < 1.29 is 9.90 Å². The summed E-state index contributed by atoms with van der Waals surface area (Å²) in [6, 6.07) is 6.79. The highest BCUT2D eigenvalue weighted by molar-refractivity contribution is 5.93. The topological polar surface area (TPSA) is 55.1 Å². The molecule has 6 rings (SSSR count). The molecule has 0 spiro atoms. The van der Waals surface area contributed by atoms with Crippen LogP contribution in [0.5, 0.6) is 0 Å². The van der Waals surface area contributed by atoms with Crippen LogP contribution in [0, 0.1) is 24.2 Å². The molecule has 162 valence electrons. The molecule has 0 aliphatic heterocycles. The molecule has 0 bridgehead atoms. The minimum atomic E-state index is -0.211. The Morgan fingerprint density at radius 3 is 2.84 bits per heavy atom. The fourth-order valence-electron chi connectivity index (χ4n) is 7.49. The maximum absolute atomic E-state index is 12.1. The molecule has 1 heterocycles. The van der Waals surface area contributed by atoms with Crippen LogP contribution < -0.4 is 0 Å². The van der Waals surface area contributed by atoms with Crippen LogP contribution in [0.3, 0.4) is 0 Å². The number of benzene rings is 1. The Kier molecular flexibility index (Phi) is 4.18. The number of aryl methyl sites for hydroxylation is 2. The predicted molar refractivity (Wildman–Crippen MR) is 122 cm³/mol. The molecule has 2 fully saturated rings. The van der Waals surface area contributed by atoms with Crippen molar-refractivity contribution in [3.63, 3.8) is 0 Å². The average molecular weight is 417 g/mol. The van der Waals surface area contributed by atoms with Crippen molar-refractivity contribution in [1.82, 2.24) is 9.55 Å². The summed E-state index contributed by atoms with van der Waals surface area (Å²) in [5.74, 6) is 2.71. The summed E-state index contributed by atoms with van der Waals surface area (Å²) in [5.41, 5.74) is 7.89. The van der Waals surface area contributed by atoms with Crippen molar-refractivity contribution in [3.05, 3.63) is 52.4 Å². The minimum absolute atomic E-state index is 0.0277. The van der Waals surface area contributed by atoms with E-state index in [2.05, 4.69) is 43.7 Å². The Hall–Kier alpha value is -2.20. The number of ketones is 1. The van der Waals surface area contributed by atoms with Crippen molar-refractivity contribution >= 4 is 16.8 Å². The van der Waals surface area contributed by atoms with Gasteiger partial charge in [0.1, 0.15) is 5.82 Å². The van der Waals surface area contributed by atoms with E-state index in [1.165, 1.54) is 22.2 Å². The van der Waals surface area contributed by atoms with Crippen molar-refractivity contribution in [1.29, 1.82) is 0 Å². The highest BCUT2D eigenvalue weighted by Crippen LogP contribution is 2.63. The lowest BCUT2D eigenvalue weighted by molar-refractivity contribution is -0.114. The number of hydrogen-bond donors (Lipinski definition) is 1. The van der Waals surface area contributed by atoms with E-state index < -0.39 is 0 Å². The Balaban J connectivity index is 1.55. The number of hydrogen-bond acceptors (Lipinski definition) is 3. The SMILES string of the molecule is Cc1nc2cc(C3CC4(C)C(O)CCC4C4CCC5=CC(=O)CCC5=C34)ccc2n1C. The third-order valence-corrected chi connectivity index (χ3v) is 9.21. The van der Waals surface area contributed by atoms with Gasteiger partial charge in [-0.25, -0.2) is 4.98 Å². The lowest BCUT2D eigenvalue weighted by atomic mass is 9.53. The van der Waals surface area contributed by atoms with Gasteiger partial charge in [0, 0.05) is 19.4 Å². The molecular weight excluding hydrogens is 384 g/mol. The first-order chi connectivity index (χ1) is 14.9. The summed E-state index contributed by atoms with van der Waals surface area (Å²) >= 11 is 0. The molecule has 1 aromatic carbocycles. The molecule has 4 nitrogen and oxygen atoms in total. The predicted octanol–water partition coefficient (Wildman–Crippen LogP) is 5.14. The normalized spacial score (nSPS) is 35.1. The number of aliphatic hydroxyl groups is 1. The number of fused-ring (bicyclic) bond motifs is 5. The number of aliphatic hydroxyl groups excluding tert-OH is 1. The second-order valence-electron chi connectivity index (χ2n) is 10.6. The number of aromatic nitrogens is 2. The third kappa shape index (κ3) is 2.70. The quantitative estimate of drug-likeness (QED) is 0.700. The van der Waals surface area contributed by atoms with Gasteiger partial charge in [0.15, 0.2) is 5.78 Å². The first kappa shape index (κ1) is 19.5. The highest BCUT2D eigenvalue weighted by Gasteiger charge is 2.56. The van der Waals surface area contributed by atoms with Gasteiger partial charge in [-0.2, -0.15) is 0 Å². The molecule has 1 N–H and O–H groups in total. The van der Waals surface area contributed by atoms with Gasteiger partial charge in [0.2, 0.25) is 0 Å². The first-order valence-corrected chi connectivity index (χ1v) is 11.9. The van der Waals surface area contributed by atoms with E-state index in [0.29, 0.717) is 24.2 Å². The Bertz CT molecular complexity index is 1170. The van der Waals surface area contributed by atoms with Gasteiger partial charge in [0.25, 0.3) is 0 Å². The van der Waals surface area contributed by atoms with E-state index in [1.54, 1.807) is 5.57 Å². The van der Waals surface area contributed by atoms with E-state index in [-0.39, 0.29) is 17.3 Å². The molecule has 4 heteroatoms. The number of allylic oxidation sites excluding steroid dienone is 4. The van der Waals surface area contributed by atoms with Gasteiger partial charge in [-0.1, -0.05) is 18.6 Å². The molecule has 4 aliphatic carbocycles. The highest BCUT2D eigenvalue weighted by atomic mass is 16.3. The molecule has 0 amide bonds. The van der Waals surface area contributed by atoms with Crippen LogP contribution in [0.25, 0.3) is 11.0 Å². The number of imidazole rings is 1. The lowest BCUT2D eigenvalue weighted by Crippen LogP contribution is -2.45. The second-order valence-corrected chi connectivity index (χ2v) is 10.6. The summed E-state index contributed by atoms with van der Waals surface area (Å²) in [4.78, 5) is 16.9. The van der Waals surface area contributed by atoms with Gasteiger partial charge in [-0.15, -0.1) is 0 Å². The minimum Gasteiger partial charge on any atom is -0.393 e. The maximum Gasteiger partial charge on any atom is 0.156 e.